The Labute approximate surface area is 105 Å². The number of non-ortho nitro benzene ring substituents is 1. The molecule has 18 heavy (non-hydrogen) atoms. The topological polar surface area (TPSA) is 84.3 Å². The summed E-state index contributed by atoms with van der Waals surface area (Å²) in [6, 6.07) is 4.41. The Morgan fingerprint density at radius 3 is 2.78 bits per heavy atom. The summed E-state index contributed by atoms with van der Waals surface area (Å²) < 4.78 is 0. The van der Waals surface area contributed by atoms with E-state index in [1.54, 1.807) is 13.0 Å². The second-order valence-corrected chi connectivity index (χ2v) is 4.55. The smallest absolute Gasteiger partial charge is 0.270 e. The predicted molar refractivity (Wildman–Crippen MR) is 66.5 cm³/mol. The lowest BCUT2D eigenvalue weighted by atomic mass is 10.0. The molecule has 1 aromatic carbocycles. The first kappa shape index (κ1) is 12.5. The van der Waals surface area contributed by atoms with Gasteiger partial charge in [0.2, 0.25) is 0 Å². The van der Waals surface area contributed by atoms with Crippen LogP contribution in [0, 0.1) is 23.0 Å². The highest BCUT2D eigenvalue weighted by molar-refractivity contribution is 5.95. The minimum Gasteiger partial charge on any atom is -0.352 e. The van der Waals surface area contributed by atoms with Crippen LogP contribution in [0.15, 0.2) is 18.2 Å². The normalized spacial score (nSPS) is 14.9. The van der Waals surface area contributed by atoms with Gasteiger partial charge in [0.1, 0.15) is 0 Å². The first-order chi connectivity index (χ1) is 8.56. The van der Waals surface area contributed by atoms with E-state index in [4.69, 9.17) is 0 Å². The fourth-order valence-electron chi connectivity index (χ4n) is 1.83. The third-order valence-electron chi connectivity index (χ3n) is 2.95. The number of hydrogen-bond donors (Lipinski definition) is 2. The molecule has 1 amide bonds. The zero-order chi connectivity index (χ0) is 13.1. The molecule has 2 N–H and O–H groups in total. The second kappa shape index (κ2) is 5.14. The molecule has 0 aromatic heterocycles. The van der Waals surface area contributed by atoms with E-state index >= 15 is 0 Å². The molecule has 1 aliphatic heterocycles. The van der Waals surface area contributed by atoms with Crippen LogP contribution in [0.2, 0.25) is 0 Å². The van der Waals surface area contributed by atoms with Crippen molar-refractivity contribution in [1.29, 1.82) is 0 Å². The minimum atomic E-state index is -0.486. The Hall–Kier alpha value is -1.95. The van der Waals surface area contributed by atoms with Crippen molar-refractivity contribution in [3.63, 3.8) is 0 Å². The molecule has 2 rings (SSSR count). The van der Waals surface area contributed by atoms with Gasteiger partial charge >= 0.3 is 0 Å². The number of nitro benzene ring substituents is 1. The summed E-state index contributed by atoms with van der Waals surface area (Å²) in [5.41, 5.74) is 0.999. The summed E-state index contributed by atoms with van der Waals surface area (Å²) in [7, 11) is 0. The van der Waals surface area contributed by atoms with E-state index in [9.17, 15) is 14.9 Å². The number of rotatable bonds is 4. The Morgan fingerprint density at radius 2 is 2.22 bits per heavy atom. The number of benzene rings is 1. The summed E-state index contributed by atoms with van der Waals surface area (Å²) in [6.45, 7) is 4.16. The van der Waals surface area contributed by atoms with Crippen LogP contribution < -0.4 is 10.6 Å². The van der Waals surface area contributed by atoms with Crippen molar-refractivity contribution in [2.24, 2.45) is 5.92 Å². The highest BCUT2D eigenvalue weighted by Crippen LogP contribution is 2.16. The maximum absolute atomic E-state index is 11.9. The molecule has 0 aliphatic carbocycles. The molecule has 1 heterocycles. The van der Waals surface area contributed by atoms with E-state index in [-0.39, 0.29) is 11.6 Å². The van der Waals surface area contributed by atoms with Crippen LogP contribution in [0.25, 0.3) is 0 Å². The van der Waals surface area contributed by atoms with E-state index in [2.05, 4.69) is 10.6 Å². The largest absolute Gasteiger partial charge is 0.352 e. The van der Waals surface area contributed by atoms with Crippen LogP contribution in [0.4, 0.5) is 5.69 Å². The van der Waals surface area contributed by atoms with E-state index in [1.807, 2.05) is 0 Å². The molecule has 96 valence electrons. The molecule has 6 heteroatoms. The van der Waals surface area contributed by atoms with Gasteiger partial charge in [0.15, 0.2) is 0 Å². The SMILES string of the molecule is Cc1cc(C(=O)NCC2CNC2)cc([N+](=O)[O-])c1. The fraction of sp³-hybridized carbons (Fsp3) is 0.417. The lowest BCUT2D eigenvalue weighted by molar-refractivity contribution is -0.384. The molecule has 0 unspecified atom stereocenters. The van der Waals surface area contributed by atoms with Gasteiger partial charge in [0.25, 0.3) is 11.6 Å². The summed E-state index contributed by atoms with van der Waals surface area (Å²) >= 11 is 0. The van der Waals surface area contributed by atoms with E-state index in [0.29, 0.717) is 23.6 Å². The predicted octanol–water partition coefficient (Wildman–Crippen LogP) is 0.852. The lowest BCUT2D eigenvalue weighted by Gasteiger charge is -2.27. The van der Waals surface area contributed by atoms with Crippen LogP contribution >= 0.6 is 0 Å². The van der Waals surface area contributed by atoms with Crippen LogP contribution in [-0.4, -0.2) is 30.5 Å². The van der Waals surface area contributed by atoms with Gasteiger partial charge in [-0.05, 0) is 18.6 Å². The highest BCUT2D eigenvalue weighted by Gasteiger charge is 2.18. The Balaban J connectivity index is 2.06. The first-order valence-corrected chi connectivity index (χ1v) is 5.81. The van der Waals surface area contributed by atoms with Gasteiger partial charge in [0, 0.05) is 43.2 Å². The molecule has 0 atom stereocenters. The number of nitrogens with one attached hydrogen (secondary N) is 2. The number of hydrogen-bond acceptors (Lipinski definition) is 4. The molecule has 0 bridgehead atoms. The zero-order valence-corrected chi connectivity index (χ0v) is 10.1. The molecule has 0 spiro atoms. The van der Waals surface area contributed by atoms with Crippen LogP contribution in [-0.2, 0) is 0 Å². The van der Waals surface area contributed by atoms with Crippen LogP contribution in [0.3, 0.4) is 0 Å². The average Bonchev–Trinajstić information content (AvgIpc) is 2.25. The maximum atomic E-state index is 11.9. The molecule has 1 fully saturated rings. The number of nitro groups is 1. The van der Waals surface area contributed by atoms with E-state index in [1.165, 1.54) is 12.1 Å². The van der Waals surface area contributed by atoms with Gasteiger partial charge in [-0.15, -0.1) is 0 Å². The summed E-state index contributed by atoms with van der Waals surface area (Å²) in [6.07, 6.45) is 0. The van der Waals surface area contributed by atoms with E-state index < -0.39 is 4.92 Å². The molecule has 6 nitrogen and oxygen atoms in total. The van der Waals surface area contributed by atoms with Crippen molar-refractivity contribution in [3.05, 3.63) is 39.4 Å². The van der Waals surface area contributed by atoms with Gasteiger partial charge < -0.3 is 10.6 Å². The number of amides is 1. The monoisotopic (exact) mass is 249 g/mol. The lowest BCUT2D eigenvalue weighted by Crippen LogP contribution is -2.48. The molecule has 1 aliphatic rings. The van der Waals surface area contributed by atoms with Gasteiger partial charge in [-0.3, -0.25) is 14.9 Å². The number of aryl methyl sites for hydroxylation is 1. The summed E-state index contributed by atoms with van der Waals surface area (Å²) in [5.74, 6) is 0.211. The molecule has 1 aromatic rings. The quantitative estimate of drug-likeness (QED) is 0.612. The van der Waals surface area contributed by atoms with E-state index in [0.717, 1.165) is 13.1 Å². The molecular weight excluding hydrogens is 234 g/mol. The zero-order valence-electron chi connectivity index (χ0n) is 10.1. The number of carbonyl (C=O) groups excluding carboxylic acids is 1. The maximum Gasteiger partial charge on any atom is 0.270 e. The average molecular weight is 249 g/mol. The summed E-state index contributed by atoms with van der Waals surface area (Å²) in [5, 5.41) is 16.6. The van der Waals surface area contributed by atoms with Crippen molar-refractivity contribution >= 4 is 11.6 Å². The third-order valence-corrected chi connectivity index (χ3v) is 2.95. The van der Waals surface area contributed by atoms with Gasteiger partial charge in [-0.2, -0.15) is 0 Å². The van der Waals surface area contributed by atoms with Crippen molar-refractivity contribution < 1.29 is 9.72 Å². The van der Waals surface area contributed by atoms with Gasteiger partial charge in [-0.1, -0.05) is 0 Å². The third kappa shape index (κ3) is 2.84. The minimum absolute atomic E-state index is 0.0505. The van der Waals surface area contributed by atoms with Crippen molar-refractivity contribution in [2.45, 2.75) is 6.92 Å². The Kier molecular flexibility index (Phi) is 3.57. The summed E-state index contributed by atoms with van der Waals surface area (Å²) in [4.78, 5) is 22.1. The number of carbonyl (C=O) groups is 1. The first-order valence-electron chi connectivity index (χ1n) is 5.81. The Morgan fingerprint density at radius 1 is 1.50 bits per heavy atom. The fourth-order valence-corrected chi connectivity index (χ4v) is 1.83. The standard InChI is InChI=1S/C12H15N3O3/c1-8-2-10(4-11(3-8)15(17)18)12(16)14-7-9-5-13-6-9/h2-4,9,13H,5-7H2,1H3,(H,14,16). The van der Waals surface area contributed by atoms with Crippen LogP contribution in [0.5, 0.6) is 0 Å². The van der Waals surface area contributed by atoms with Crippen LogP contribution in [0.1, 0.15) is 15.9 Å². The molecular formula is C12H15N3O3. The van der Waals surface area contributed by atoms with Crippen molar-refractivity contribution in [2.75, 3.05) is 19.6 Å². The van der Waals surface area contributed by atoms with Crippen molar-refractivity contribution in [3.8, 4) is 0 Å². The molecule has 0 radical (unpaired) electrons. The Bertz CT molecular complexity index is 483. The van der Waals surface area contributed by atoms with Crippen molar-refractivity contribution in [1.82, 2.24) is 10.6 Å². The van der Waals surface area contributed by atoms with Gasteiger partial charge in [0.05, 0.1) is 4.92 Å². The van der Waals surface area contributed by atoms with Gasteiger partial charge in [-0.25, -0.2) is 0 Å². The molecule has 1 saturated heterocycles. The number of nitrogens with zero attached hydrogens (tertiary/aromatic N) is 1. The highest BCUT2D eigenvalue weighted by atomic mass is 16.6. The second-order valence-electron chi connectivity index (χ2n) is 4.55. The molecule has 0 saturated carbocycles.